The number of aromatic nitrogens is 1. The first kappa shape index (κ1) is 17.5. The molecule has 1 N–H and O–H groups in total. The minimum absolute atomic E-state index is 0.0653. The van der Waals surface area contributed by atoms with Gasteiger partial charge in [-0.2, -0.15) is 11.3 Å². The number of piperazine rings is 1. The van der Waals surface area contributed by atoms with Crippen LogP contribution in [0.25, 0.3) is 10.6 Å². The Kier molecular flexibility index (Phi) is 6.37. The van der Waals surface area contributed by atoms with Gasteiger partial charge in [-0.1, -0.05) is 0 Å². The molecule has 0 bridgehead atoms. The highest BCUT2D eigenvalue weighted by atomic mass is 32.1. The number of likely N-dealkylation sites (N-methyl/N-ethyl adjacent to an activating group) is 1. The minimum Gasteiger partial charge on any atom is -0.356 e. The van der Waals surface area contributed by atoms with Crippen molar-refractivity contribution in [3.05, 3.63) is 27.9 Å². The molecule has 3 heterocycles. The Hall–Kier alpha value is -1.28. The standard InChI is InChI=1S/C17H24N4OS2/c1-20-6-8-21(9-7-20)5-2-4-18-16(22)11-15-13-24-17(19-15)14-3-10-23-12-14/h3,10,12-13H,2,4-9,11H2,1H3,(H,18,22). The van der Waals surface area contributed by atoms with Crippen molar-refractivity contribution in [2.24, 2.45) is 0 Å². The molecule has 2 aromatic heterocycles. The van der Waals surface area contributed by atoms with Crippen molar-refractivity contribution in [1.29, 1.82) is 0 Å². The molecule has 0 atom stereocenters. The molecule has 0 radical (unpaired) electrons. The lowest BCUT2D eigenvalue weighted by molar-refractivity contribution is -0.120. The van der Waals surface area contributed by atoms with Gasteiger partial charge >= 0.3 is 0 Å². The Balaban J connectivity index is 1.34. The fourth-order valence-corrected chi connectivity index (χ4v) is 4.27. The normalized spacial score (nSPS) is 16.4. The van der Waals surface area contributed by atoms with Gasteiger partial charge in [0.1, 0.15) is 5.01 Å². The molecule has 1 aliphatic rings. The third kappa shape index (κ3) is 5.11. The van der Waals surface area contributed by atoms with Crippen LogP contribution in [0.5, 0.6) is 0 Å². The van der Waals surface area contributed by atoms with E-state index in [0.29, 0.717) is 6.42 Å². The van der Waals surface area contributed by atoms with E-state index in [2.05, 4.69) is 38.6 Å². The first-order valence-electron chi connectivity index (χ1n) is 8.35. The van der Waals surface area contributed by atoms with Crippen molar-refractivity contribution in [3.63, 3.8) is 0 Å². The topological polar surface area (TPSA) is 48.5 Å². The van der Waals surface area contributed by atoms with Crippen LogP contribution in [0.3, 0.4) is 0 Å². The van der Waals surface area contributed by atoms with Crippen LogP contribution < -0.4 is 5.32 Å². The summed E-state index contributed by atoms with van der Waals surface area (Å²) in [6.07, 6.45) is 1.38. The summed E-state index contributed by atoms with van der Waals surface area (Å²) < 4.78 is 0. The van der Waals surface area contributed by atoms with Gasteiger partial charge in [-0.3, -0.25) is 4.79 Å². The molecule has 0 spiro atoms. The van der Waals surface area contributed by atoms with Gasteiger partial charge in [0.05, 0.1) is 12.1 Å². The third-order valence-electron chi connectivity index (χ3n) is 4.23. The molecule has 2 aromatic rings. The first-order valence-corrected chi connectivity index (χ1v) is 10.2. The Morgan fingerprint density at radius 1 is 1.29 bits per heavy atom. The van der Waals surface area contributed by atoms with Crippen molar-refractivity contribution in [1.82, 2.24) is 20.1 Å². The maximum Gasteiger partial charge on any atom is 0.226 e. The molecule has 1 aliphatic heterocycles. The number of hydrogen-bond acceptors (Lipinski definition) is 6. The van der Waals surface area contributed by atoms with Crippen molar-refractivity contribution in [3.8, 4) is 10.6 Å². The summed E-state index contributed by atoms with van der Waals surface area (Å²) in [5, 5.41) is 10.1. The van der Waals surface area contributed by atoms with Crippen LogP contribution in [-0.2, 0) is 11.2 Å². The molecular weight excluding hydrogens is 340 g/mol. The number of rotatable bonds is 7. The highest BCUT2D eigenvalue weighted by molar-refractivity contribution is 7.14. The third-order valence-corrected chi connectivity index (χ3v) is 5.85. The second-order valence-corrected chi connectivity index (χ2v) is 7.82. The van der Waals surface area contributed by atoms with Gasteiger partial charge in [-0.15, -0.1) is 11.3 Å². The van der Waals surface area contributed by atoms with Crippen molar-refractivity contribution in [2.75, 3.05) is 46.3 Å². The fraction of sp³-hybridized carbons (Fsp3) is 0.529. The molecular formula is C17H24N4OS2. The minimum atomic E-state index is 0.0653. The zero-order valence-corrected chi connectivity index (χ0v) is 15.7. The lowest BCUT2D eigenvalue weighted by Gasteiger charge is -2.32. The Morgan fingerprint density at radius 3 is 2.88 bits per heavy atom. The van der Waals surface area contributed by atoms with E-state index in [4.69, 9.17) is 0 Å². The number of carbonyl (C=O) groups excluding carboxylic acids is 1. The summed E-state index contributed by atoms with van der Waals surface area (Å²) in [7, 11) is 2.17. The summed E-state index contributed by atoms with van der Waals surface area (Å²) in [6, 6.07) is 2.06. The van der Waals surface area contributed by atoms with Crippen LogP contribution in [0.15, 0.2) is 22.2 Å². The fourth-order valence-electron chi connectivity index (χ4n) is 2.74. The van der Waals surface area contributed by atoms with E-state index in [1.807, 2.05) is 10.8 Å². The second kappa shape index (κ2) is 8.71. The van der Waals surface area contributed by atoms with Crippen LogP contribution >= 0.6 is 22.7 Å². The zero-order valence-electron chi connectivity index (χ0n) is 14.0. The Labute approximate surface area is 151 Å². The second-order valence-electron chi connectivity index (χ2n) is 6.18. The predicted octanol–water partition coefficient (Wildman–Crippen LogP) is 2.17. The summed E-state index contributed by atoms with van der Waals surface area (Å²) in [6.45, 7) is 6.36. The Morgan fingerprint density at radius 2 is 2.12 bits per heavy atom. The van der Waals surface area contributed by atoms with Gasteiger partial charge in [-0.25, -0.2) is 4.98 Å². The van der Waals surface area contributed by atoms with Gasteiger partial charge in [0.2, 0.25) is 5.91 Å². The largest absolute Gasteiger partial charge is 0.356 e. The average molecular weight is 365 g/mol. The number of nitrogens with one attached hydrogen (secondary N) is 1. The maximum atomic E-state index is 12.0. The summed E-state index contributed by atoms with van der Waals surface area (Å²) >= 11 is 3.27. The van der Waals surface area contributed by atoms with E-state index in [1.54, 1.807) is 22.7 Å². The average Bonchev–Trinajstić information content (AvgIpc) is 3.24. The monoisotopic (exact) mass is 364 g/mol. The van der Waals surface area contributed by atoms with E-state index in [-0.39, 0.29) is 5.91 Å². The zero-order chi connectivity index (χ0) is 16.8. The van der Waals surface area contributed by atoms with E-state index >= 15 is 0 Å². The SMILES string of the molecule is CN1CCN(CCCNC(=O)Cc2csc(-c3ccsc3)n2)CC1. The highest BCUT2D eigenvalue weighted by Gasteiger charge is 2.13. The van der Waals surface area contributed by atoms with Crippen LogP contribution in [0.2, 0.25) is 0 Å². The quantitative estimate of drug-likeness (QED) is 0.765. The molecule has 1 fully saturated rings. The number of carbonyl (C=O) groups is 1. The van der Waals surface area contributed by atoms with Crippen molar-refractivity contribution >= 4 is 28.6 Å². The van der Waals surface area contributed by atoms with Gasteiger partial charge in [0.15, 0.2) is 0 Å². The number of nitrogens with zero attached hydrogens (tertiary/aromatic N) is 3. The molecule has 130 valence electrons. The van der Waals surface area contributed by atoms with Gasteiger partial charge in [0.25, 0.3) is 0 Å². The summed E-state index contributed by atoms with van der Waals surface area (Å²) in [4.78, 5) is 21.4. The smallest absolute Gasteiger partial charge is 0.226 e. The molecule has 7 heteroatoms. The summed E-state index contributed by atoms with van der Waals surface area (Å²) in [5.74, 6) is 0.0653. The van der Waals surface area contributed by atoms with Gasteiger partial charge < -0.3 is 15.1 Å². The number of thiazole rings is 1. The van der Waals surface area contributed by atoms with Crippen LogP contribution in [0.4, 0.5) is 0 Å². The van der Waals surface area contributed by atoms with Crippen LogP contribution in [0, 0.1) is 0 Å². The first-order chi connectivity index (χ1) is 11.7. The lowest BCUT2D eigenvalue weighted by atomic mass is 10.3. The molecule has 1 saturated heterocycles. The van der Waals surface area contributed by atoms with Gasteiger partial charge in [0, 0.05) is 49.0 Å². The van der Waals surface area contributed by atoms with Crippen molar-refractivity contribution in [2.45, 2.75) is 12.8 Å². The van der Waals surface area contributed by atoms with Crippen molar-refractivity contribution < 1.29 is 4.79 Å². The number of thiophene rings is 1. The van der Waals surface area contributed by atoms with Gasteiger partial charge in [-0.05, 0) is 31.5 Å². The van der Waals surface area contributed by atoms with Crippen LogP contribution in [0.1, 0.15) is 12.1 Å². The van der Waals surface area contributed by atoms with Crippen LogP contribution in [-0.4, -0.2) is 67.0 Å². The Bertz CT molecular complexity index is 633. The number of amides is 1. The molecule has 0 unspecified atom stereocenters. The molecule has 0 saturated carbocycles. The van der Waals surface area contributed by atoms with E-state index in [0.717, 1.165) is 62.0 Å². The maximum absolute atomic E-state index is 12.0. The molecule has 0 aliphatic carbocycles. The molecule has 0 aromatic carbocycles. The summed E-state index contributed by atoms with van der Waals surface area (Å²) in [5.41, 5.74) is 2.00. The van der Waals surface area contributed by atoms with E-state index in [9.17, 15) is 4.79 Å². The lowest BCUT2D eigenvalue weighted by Crippen LogP contribution is -2.45. The molecule has 24 heavy (non-hydrogen) atoms. The van der Waals surface area contributed by atoms with E-state index in [1.165, 1.54) is 0 Å². The van der Waals surface area contributed by atoms with E-state index < -0.39 is 0 Å². The highest BCUT2D eigenvalue weighted by Crippen LogP contribution is 2.25. The molecule has 1 amide bonds. The molecule has 5 nitrogen and oxygen atoms in total. The predicted molar refractivity (Wildman–Crippen MR) is 101 cm³/mol. The number of hydrogen-bond donors (Lipinski definition) is 1. The molecule has 3 rings (SSSR count).